The van der Waals surface area contributed by atoms with Gasteiger partial charge in [-0.05, 0) is 37.3 Å². The summed E-state index contributed by atoms with van der Waals surface area (Å²) in [5, 5.41) is 10.2. The first-order chi connectivity index (χ1) is 9.01. The third-order valence-electron chi connectivity index (χ3n) is 4.76. The van der Waals surface area contributed by atoms with Crippen LogP contribution in [0.3, 0.4) is 0 Å². The number of aromatic nitrogens is 1. The topological polar surface area (TPSA) is 45.5 Å². The summed E-state index contributed by atoms with van der Waals surface area (Å²) in [5.41, 5.74) is 0.0827. The van der Waals surface area contributed by atoms with Crippen LogP contribution in [0, 0.1) is 5.92 Å². The van der Waals surface area contributed by atoms with E-state index in [-0.39, 0.29) is 11.8 Å². The van der Waals surface area contributed by atoms with Crippen LogP contribution in [-0.2, 0) is 0 Å². The van der Waals surface area contributed by atoms with Crippen molar-refractivity contribution in [2.24, 2.45) is 5.92 Å². The largest absolute Gasteiger partial charge is 0.386 e. The van der Waals surface area contributed by atoms with Crippen LogP contribution < -0.4 is 0 Å². The number of carbonyl (C=O) groups excluding carboxylic acids is 1. The monoisotopic (exact) mass is 262 g/mol. The second-order valence-corrected chi connectivity index (χ2v) is 6.30. The minimum Gasteiger partial charge on any atom is -0.386 e. The Hall–Kier alpha value is -1.29. The number of carbonyl (C=O) groups is 1. The summed E-state index contributed by atoms with van der Waals surface area (Å²) in [6.07, 6.45) is 5.61. The molecule has 1 aromatic rings. The van der Waals surface area contributed by atoms with E-state index in [9.17, 15) is 9.90 Å². The number of rotatable bonds is 3. The van der Waals surface area contributed by atoms with E-state index in [1.54, 1.807) is 4.90 Å². The Morgan fingerprint density at radius 1 is 1.42 bits per heavy atom. The summed E-state index contributed by atoms with van der Waals surface area (Å²) < 4.78 is 2.11. The minimum atomic E-state index is -0.691. The lowest BCUT2D eigenvalue weighted by atomic mass is 9.83. The van der Waals surface area contributed by atoms with Crippen molar-refractivity contribution in [1.82, 2.24) is 9.47 Å². The number of hydrogen-bond acceptors (Lipinski definition) is 2. The molecule has 104 valence electrons. The molecule has 1 aromatic heterocycles. The molecule has 2 heterocycles. The van der Waals surface area contributed by atoms with Crippen LogP contribution in [-0.4, -0.2) is 39.2 Å². The maximum Gasteiger partial charge on any atom is 0.270 e. The first-order valence-corrected chi connectivity index (χ1v) is 7.20. The Kier molecular flexibility index (Phi) is 2.93. The van der Waals surface area contributed by atoms with Crippen molar-refractivity contribution < 1.29 is 9.90 Å². The third-order valence-corrected chi connectivity index (χ3v) is 4.76. The Labute approximate surface area is 114 Å². The molecule has 1 saturated carbocycles. The molecule has 0 aromatic carbocycles. The molecule has 0 bridgehead atoms. The molecule has 1 saturated heterocycles. The van der Waals surface area contributed by atoms with Gasteiger partial charge in [0.05, 0.1) is 13.1 Å². The molecule has 2 aliphatic rings. The zero-order valence-electron chi connectivity index (χ0n) is 11.7. The van der Waals surface area contributed by atoms with Gasteiger partial charge < -0.3 is 14.6 Å². The van der Waals surface area contributed by atoms with Crippen molar-refractivity contribution in [3.8, 4) is 0 Å². The smallest absolute Gasteiger partial charge is 0.270 e. The molecule has 0 unspecified atom stereocenters. The molecule has 0 atom stereocenters. The van der Waals surface area contributed by atoms with E-state index < -0.39 is 5.60 Å². The van der Waals surface area contributed by atoms with Crippen molar-refractivity contribution in [2.45, 2.75) is 44.8 Å². The van der Waals surface area contributed by atoms with Gasteiger partial charge in [-0.1, -0.05) is 13.8 Å². The molecule has 1 aliphatic heterocycles. The molecule has 4 heteroatoms. The molecule has 4 nitrogen and oxygen atoms in total. The predicted molar refractivity (Wildman–Crippen MR) is 73.0 cm³/mol. The molecule has 1 N–H and O–H groups in total. The molecule has 0 spiro atoms. The third kappa shape index (κ3) is 1.98. The van der Waals surface area contributed by atoms with Gasteiger partial charge in [0.2, 0.25) is 0 Å². The van der Waals surface area contributed by atoms with E-state index in [1.165, 1.54) is 19.3 Å². The van der Waals surface area contributed by atoms with Gasteiger partial charge in [0, 0.05) is 12.2 Å². The summed E-state index contributed by atoms with van der Waals surface area (Å²) >= 11 is 0. The number of hydrogen-bond donors (Lipinski definition) is 1. The lowest BCUT2D eigenvalue weighted by Gasteiger charge is -2.49. The highest BCUT2D eigenvalue weighted by atomic mass is 16.3. The van der Waals surface area contributed by atoms with Crippen LogP contribution in [0.15, 0.2) is 18.3 Å². The van der Waals surface area contributed by atoms with Gasteiger partial charge >= 0.3 is 0 Å². The number of aliphatic hydroxyl groups is 1. The second-order valence-electron chi connectivity index (χ2n) is 6.30. The SMILES string of the molecule is CC(C)C1(O)CN(C(=O)c2cccn2C2CCC2)C1. The van der Waals surface area contributed by atoms with Crippen LogP contribution in [0.4, 0.5) is 0 Å². The normalized spacial score (nSPS) is 22.2. The van der Waals surface area contributed by atoms with Crippen molar-refractivity contribution in [1.29, 1.82) is 0 Å². The van der Waals surface area contributed by atoms with Crippen LogP contribution in [0.5, 0.6) is 0 Å². The number of likely N-dealkylation sites (tertiary alicyclic amines) is 1. The van der Waals surface area contributed by atoms with Crippen LogP contribution >= 0.6 is 0 Å². The van der Waals surface area contributed by atoms with Gasteiger partial charge in [0.15, 0.2) is 0 Å². The Morgan fingerprint density at radius 2 is 2.11 bits per heavy atom. The lowest BCUT2D eigenvalue weighted by Crippen LogP contribution is -2.66. The predicted octanol–water partition coefficient (Wildman–Crippen LogP) is 2.06. The zero-order chi connectivity index (χ0) is 13.6. The highest BCUT2D eigenvalue weighted by molar-refractivity contribution is 5.93. The van der Waals surface area contributed by atoms with Gasteiger partial charge in [-0.15, -0.1) is 0 Å². The van der Waals surface area contributed by atoms with Crippen molar-refractivity contribution in [3.63, 3.8) is 0 Å². The number of amides is 1. The van der Waals surface area contributed by atoms with E-state index in [0.717, 1.165) is 5.69 Å². The second kappa shape index (κ2) is 4.37. The minimum absolute atomic E-state index is 0.0576. The van der Waals surface area contributed by atoms with Gasteiger partial charge in [0.1, 0.15) is 11.3 Å². The molecular formula is C15H22N2O2. The Balaban J connectivity index is 1.71. The fraction of sp³-hybridized carbons (Fsp3) is 0.667. The van der Waals surface area contributed by atoms with E-state index in [0.29, 0.717) is 19.1 Å². The van der Waals surface area contributed by atoms with E-state index in [2.05, 4.69) is 4.57 Å². The van der Waals surface area contributed by atoms with E-state index >= 15 is 0 Å². The maximum absolute atomic E-state index is 12.5. The molecule has 19 heavy (non-hydrogen) atoms. The standard InChI is InChI=1S/C15H22N2O2/c1-11(2)15(19)9-16(10-15)14(18)13-7-4-8-17(13)12-5-3-6-12/h4,7-8,11-12,19H,3,5-6,9-10H2,1-2H3. The van der Waals surface area contributed by atoms with E-state index in [4.69, 9.17) is 0 Å². The molecular weight excluding hydrogens is 240 g/mol. The fourth-order valence-electron chi connectivity index (χ4n) is 2.84. The average Bonchev–Trinajstić information content (AvgIpc) is 2.70. The van der Waals surface area contributed by atoms with Crippen LogP contribution in [0.1, 0.15) is 49.6 Å². The van der Waals surface area contributed by atoms with Crippen LogP contribution in [0.2, 0.25) is 0 Å². The Morgan fingerprint density at radius 3 is 2.63 bits per heavy atom. The summed E-state index contributed by atoms with van der Waals surface area (Å²) in [6.45, 7) is 4.91. The van der Waals surface area contributed by atoms with Crippen molar-refractivity contribution >= 4 is 5.91 Å². The van der Waals surface area contributed by atoms with Gasteiger partial charge in [0.25, 0.3) is 5.91 Å². The first-order valence-electron chi connectivity index (χ1n) is 7.20. The Bertz CT molecular complexity index is 482. The van der Waals surface area contributed by atoms with Crippen LogP contribution in [0.25, 0.3) is 0 Å². The van der Waals surface area contributed by atoms with Gasteiger partial charge in [-0.25, -0.2) is 0 Å². The fourth-order valence-corrected chi connectivity index (χ4v) is 2.84. The highest BCUT2D eigenvalue weighted by Crippen LogP contribution is 2.34. The molecule has 1 amide bonds. The first kappa shape index (κ1) is 12.7. The number of β-amino-alcohol motifs (C(OH)–C–C–N with tert-alkyl or cyclic N) is 1. The molecule has 3 rings (SSSR count). The maximum atomic E-state index is 12.5. The summed E-state index contributed by atoms with van der Waals surface area (Å²) in [5.74, 6) is 0.247. The highest BCUT2D eigenvalue weighted by Gasteiger charge is 2.46. The van der Waals surface area contributed by atoms with Crippen molar-refractivity contribution in [2.75, 3.05) is 13.1 Å². The van der Waals surface area contributed by atoms with Crippen molar-refractivity contribution in [3.05, 3.63) is 24.0 Å². The average molecular weight is 262 g/mol. The molecule has 0 radical (unpaired) electrons. The molecule has 2 fully saturated rings. The quantitative estimate of drug-likeness (QED) is 0.906. The summed E-state index contributed by atoms with van der Waals surface area (Å²) in [7, 11) is 0. The summed E-state index contributed by atoms with van der Waals surface area (Å²) in [4.78, 5) is 14.2. The lowest BCUT2D eigenvalue weighted by molar-refractivity contribution is -0.111. The van der Waals surface area contributed by atoms with E-state index in [1.807, 2.05) is 32.2 Å². The summed E-state index contributed by atoms with van der Waals surface area (Å²) in [6, 6.07) is 4.34. The zero-order valence-corrected chi connectivity index (χ0v) is 11.7. The van der Waals surface area contributed by atoms with Gasteiger partial charge in [-0.3, -0.25) is 4.79 Å². The number of nitrogens with zero attached hydrogens (tertiary/aromatic N) is 2. The van der Waals surface area contributed by atoms with Gasteiger partial charge in [-0.2, -0.15) is 0 Å². The molecule has 1 aliphatic carbocycles.